The van der Waals surface area contributed by atoms with Gasteiger partial charge in [-0.05, 0) is 37.6 Å². The summed E-state index contributed by atoms with van der Waals surface area (Å²) < 4.78 is 12.6. The molecule has 1 amide bonds. The maximum atomic E-state index is 12.6. The highest BCUT2D eigenvalue weighted by Crippen LogP contribution is 2.17. The Morgan fingerprint density at radius 2 is 2.12 bits per heavy atom. The van der Waals surface area contributed by atoms with Crippen LogP contribution in [0.25, 0.3) is 0 Å². The van der Waals surface area contributed by atoms with Gasteiger partial charge in [-0.15, -0.1) is 11.8 Å². The highest BCUT2D eigenvalue weighted by atomic mass is 32.2. The summed E-state index contributed by atoms with van der Waals surface area (Å²) in [5.41, 5.74) is 0. The molecule has 0 saturated heterocycles. The monoisotopic (exact) mass is 257 g/mol. The van der Waals surface area contributed by atoms with Crippen molar-refractivity contribution in [2.75, 3.05) is 12.3 Å². The number of benzene rings is 1. The summed E-state index contributed by atoms with van der Waals surface area (Å²) in [7, 11) is 0. The number of amides is 1. The molecule has 17 heavy (non-hydrogen) atoms. The minimum Gasteiger partial charge on any atom is -0.393 e. The number of carbonyl (C=O) groups is 1. The minimum absolute atomic E-state index is 0.0834. The lowest BCUT2D eigenvalue weighted by atomic mass is 10.3. The van der Waals surface area contributed by atoms with Crippen LogP contribution in [0.3, 0.4) is 0 Å². The molecule has 0 aromatic heterocycles. The number of carbonyl (C=O) groups excluding carboxylic acids is 1. The molecule has 1 unspecified atom stereocenters. The van der Waals surface area contributed by atoms with Crippen LogP contribution < -0.4 is 5.32 Å². The second-order valence-corrected chi connectivity index (χ2v) is 4.78. The molecule has 1 aromatic carbocycles. The van der Waals surface area contributed by atoms with Gasteiger partial charge in [0, 0.05) is 11.4 Å². The van der Waals surface area contributed by atoms with Crippen LogP contribution in [0.15, 0.2) is 29.2 Å². The Balaban J connectivity index is 2.21. The predicted octanol–water partition coefficient (Wildman–Crippen LogP) is 1.80. The van der Waals surface area contributed by atoms with Crippen LogP contribution in [-0.2, 0) is 4.79 Å². The highest BCUT2D eigenvalue weighted by Gasteiger charge is 2.03. The first-order valence-corrected chi connectivity index (χ1v) is 6.39. The molecule has 0 aliphatic rings. The standard InChI is InChI=1S/C12H16FNO2S/c1-9(15)6-7-14-12(16)8-17-11-4-2-10(13)3-5-11/h2-5,9,15H,6-8H2,1H3,(H,14,16). The molecule has 2 N–H and O–H groups in total. The van der Waals surface area contributed by atoms with Crippen molar-refractivity contribution in [3.63, 3.8) is 0 Å². The van der Waals surface area contributed by atoms with E-state index in [-0.39, 0.29) is 11.7 Å². The Kier molecular flexibility index (Phi) is 6.00. The number of aliphatic hydroxyl groups excluding tert-OH is 1. The Bertz CT molecular complexity index is 354. The lowest BCUT2D eigenvalue weighted by Gasteiger charge is -2.06. The first kappa shape index (κ1) is 14.0. The molecule has 1 atom stereocenters. The number of nitrogens with one attached hydrogen (secondary N) is 1. The summed E-state index contributed by atoms with van der Waals surface area (Å²) in [6.07, 6.45) is 0.146. The average molecular weight is 257 g/mol. The topological polar surface area (TPSA) is 49.3 Å². The van der Waals surface area contributed by atoms with Crippen LogP contribution in [0.5, 0.6) is 0 Å². The molecule has 1 aromatic rings. The molecular formula is C12H16FNO2S. The van der Waals surface area contributed by atoms with Gasteiger partial charge in [0.25, 0.3) is 0 Å². The summed E-state index contributed by atoms with van der Waals surface area (Å²) in [6, 6.07) is 6.02. The largest absolute Gasteiger partial charge is 0.393 e. The van der Waals surface area contributed by atoms with E-state index in [2.05, 4.69) is 5.32 Å². The quantitative estimate of drug-likeness (QED) is 0.764. The van der Waals surface area contributed by atoms with Crippen molar-refractivity contribution in [3.05, 3.63) is 30.1 Å². The van der Waals surface area contributed by atoms with Gasteiger partial charge < -0.3 is 10.4 Å². The van der Waals surface area contributed by atoms with Gasteiger partial charge in [-0.2, -0.15) is 0 Å². The van der Waals surface area contributed by atoms with Crippen molar-refractivity contribution in [1.29, 1.82) is 0 Å². The maximum absolute atomic E-state index is 12.6. The summed E-state index contributed by atoms with van der Waals surface area (Å²) in [5.74, 6) is -0.0680. The van der Waals surface area contributed by atoms with Gasteiger partial charge in [0.1, 0.15) is 5.82 Å². The van der Waals surface area contributed by atoms with Crippen molar-refractivity contribution in [1.82, 2.24) is 5.32 Å². The lowest BCUT2D eigenvalue weighted by Crippen LogP contribution is -2.27. The molecule has 3 nitrogen and oxygen atoms in total. The van der Waals surface area contributed by atoms with Crippen LogP contribution in [-0.4, -0.2) is 29.4 Å². The third-order valence-electron chi connectivity index (χ3n) is 2.07. The SMILES string of the molecule is CC(O)CCNC(=O)CSc1ccc(F)cc1. The summed E-state index contributed by atoms with van der Waals surface area (Å²) >= 11 is 1.35. The van der Waals surface area contributed by atoms with Crippen LogP contribution in [0, 0.1) is 5.82 Å². The van der Waals surface area contributed by atoms with Gasteiger partial charge in [-0.3, -0.25) is 4.79 Å². The van der Waals surface area contributed by atoms with Gasteiger partial charge in [0.15, 0.2) is 0 Å². The van der Waals surface area contributed by atoms with Gasteiger partial charge in [0.2, 0.25) is 5.91 Å². The van der Waals surface area contributed by atoms with E-state index in [0.717, 1.165) is 4.90 Å². The first-order valence-electron chi connectivity index (χ1n) is 5.41. The van der Waals surface area contributed by atoms with Crippen LogP contribution in [0.4, 0.5) is 4.39 Å². The lowest BCUT2D eigenvalue weighted by molar-refractivity contribution is -0.118. The zero-order valence-corrected chi connectivity index (χ0v) is 10.5. The highest BCUT2D eigenvalue weighted by molar-refractivity contribution is 8.00. The van der Waals surface area contributed by atoms with E-state index >= 15 is 0 Å². The van der Waals surface area contributed by atoms with E-state index in [1.54, 1.807) is 19.1 Å². The van der Waals surface area contributed by atoms with E-state index in [4.69, 9.17) is 5.11 Å². The van der Waals surface area contributed by atoms with E-state index in [1.807, 2.05) is 0 Å². The van der Waals surface area contributed by atoms with Crippen molar-refractivity contribution < 1.29 is 14.3 Å². The number of hydrogen-bond acceptors (Lipinski definition) is 3. The molecule has 0 aliphatic heterocycles. The fourth-order valence-electron chi connectivity index (χ4n) is 1.15. The number of aliphatic hydroxyl groups is 1. The Morgan fingerprint density at radius 1 is 1.47 bits per heavy atom. The molecule has 0 saturated carbocycles. The van der Waals surface area contributed by atoms with Gasteiger partial charge in [-0.1, -0.05) is 0 Å². The second-order valence-electron chi connectivity index (χ2n) is 3.73. The fourth-order valence-corrected chi connectivity index (χ4v) is 1.88. The maximum Gasteiger partial charge on any atom is 0.230 e. The Morgan fingerprint density at radius 3 is 2.71 bits per heavy atom. The third-order valence-corrected chi connectivity index (χ3v) is 3.08. The van der Waals surface area contributed by atoms with E-state index < -0.39 is 6.10 Å². The number of halogens is 1. The third kappa shape index (κ3) is 6.28. The van der Waals surface area contributed by atoms with E-state index in [9.17, 15) is 9.18 Å². The smallest absolute Gasteiger partial charge is 0.230 e. The summed E-state index contributed by atoms with van der Waals surface area (Å²) in [6.45, 7) is 2.15. The zero-order chi connectivity index (χ0) is 12.7. The van der Waals surface area contributed by atoms with Crippen LogP contribution in [0.1, 0.15) is 13.3 Å². The number of hydrogen-bond donors (Lipinski definition) is 2. The molecule has 1 rings (SSSR count). The van der Waals surface area contributed by atoms with Crippen molar-refractivity contribution >= 4 is 17.7 Å². The second kappa shape index (κ2) is 7.29. The molecular weight excluding hydrogens is 241 g/mol. The zero-order valence-electron chi connectivity index (χ0n) is 9.65. The fraction of sp³-hybridized carbons (Fsp3) is 0.417. The number of rotatable bonds is 6. The van der Waals surface area contributed by atoms with Crippen molar-refractivity contribution in [3.8, 4) is 0 Å². The molecule has 0 bridgehead atoms. The predicted molar refractivity (Wildman–Crippen MR) is 66.4 cm³/mol. The first-order chi connectivity index (χ1) is 8.08. The molecule has 0 aliphatic carbocycles. The van der Waals surface area contributed by atoms with Crippen LogP contribution in [0.2, 0.25) is 0 Å². The molecule has 0 fully saturated rings. The van der Waals surface area contributed by atoms with Gasteiger partial charge in [0.05, 0.1) is 11.9 Å². The average Bonchev–Trinajstić information content (AvgIpc) is 2.28. The molecule has 0 spiro atoms. The molecule has 0 radical (unpaired) electrons. The number of thioether (sulfide) groups is 1. The summed E-state index contributed by atoms with van der Waals surface area (Å²) in [5, 5.41) is 11.7. The minimum atomic E-state index is -0.403. The molecule has 5 heteroatoms. The van der Waals surface area contributed by atoms with Gasteiger partial charge in [-0.25, -0.2) is 4.39 Å². The van der Waals surface area contributed by atoms with Gasteiger partial charge >= 0.3 is 0 Å². The normalized spacial score (nSPS) is 12.2. The van der Waals surface area contributed by atoms with Crippen molar-refractivity contribution in [2.45, 2.75) is 24.3 Å². The Labute approximate surface area is 104 Å². The molecule has 94 valence electrons. The van der Waals surface area contributed by atoms with E-state index in [0.29, 0.717) is 18.7 Å². The van der Waals surface area contributed by atoms with E-state index in [1.165, 1.54) is 23.9 Å². The molecule has 0 heterocycles. The summed E-state index contributed by atoms with van der Waals surface area (Å²) in [4.78, 5) is 12.2. The van der Waals surface area contributed by atoms with Crippen LogP contribution >= 0.6 is 11.8 Å². The van der Waals surface area contributed by atoms with Crippen molar-refractivity contribution in [2.24, 2.45) is 0 Å². The Hall–Kier alpha value is -1.07.